The lowest BCUT2D eigenvalue weighted by Gasteiger charge is -2.10. The Bertz CT molecular complexity index is 633. The molecule has 0 aliphatic carbocycles. The highest BCUT2D eigenvalue weighted by atomic mass is 16.3. The van der Waals surface area contributed by atoms with E-state index in [1.54, 1.807) is 18.2 Å². The summed E-state index contributed by atoms with van der Waals surface area (Å²) in [4.78, 5) is 12.2. The summed E-state index contributed by atoms with van der Waals surface area (Å²) in [6.45, 7) is 5.77. The zero-order valence-corrected chi connectivity index (χ0v) is 11.3. The maximum atomic E-state index is 12.2. The Balaban J connectivity index is 2.25. The molecule has 19 heavy (non-hydrogen) atoms. The van der Waals surface area contributed by atoms with Crippen LogP contribution in [0.5, 0.6) is 5.75 Å². The van der Waals surface area contributed by atoms with Gasteiger partial charge in [0.25, 0.3) is 5.91 Å². The lowest BCUT2D eigenvalue weighted by atomic mass is 10.1. The van der Waals surface area contributed by atoms with Crippen LogP contribution in [0.15, 0.2) is 36.4 Å². The van der Waals surface area contributed by atoms with Gasteiger partial charge in [0.05, 0.1) is 5.69 Å². The number of amides is 1. The largest absolute Gasteiger partial charge is 0.506 e. The van der Waals surface area contributed by atoms with Crippen molar-refractivity contribution < 1.29 is 9.90 Å². The summed E-state index contributed by atoms with van der Waals surface area (Å²) in [7, 11) is 0. The topological polar surface area (TPSA) is 49.3 Å². The van der Waals surface area contributed by atoms with E-state index in [0.29, 0.717) is 11.3 Å². The van der Waals surface area contributed by atoms with E-state index in [-0.39, 0.29) is 11.7 Å². The first kappa shape index (κ1) is 13.1. The van der Waals surface area contributed by atoms with E-state index in [0.717, 1.165) is 16.7 Å². The number of phenolic OH excluding ortho intramolecular Hbond substituents is 1. The number of aromatic hydroxyl groups is 1. The minimum atomic E-state index is -0.211. The van der Waals surface area contributed by atoms with Crippen molar-refractivity contribution in [3.63, 3.8) is 0 Å². The molecule has 0 aliphatic rings. The molecule has 0 saturated heterocycles. The molecular formula is C16H17NO2. The van der Waals surface area contributed by atoms with Gasteiger partial charge in [-0.25, -0.2) is 0 Å². The Hall–Kier alpha value is -2.29. The Labute approximate surface area is 112 Å². The summed E-state index contributed by atoms with van der Waals surface area (Å²) in [5, 5.41) is 12.5. The van der Waals surface area contributed by atoms with Crippen LogP contribution >= 0.6 is 0 Å². The van der Waals surface area contributed by atoms with Crippen molar-refractivity contribution >= 4 is 11.6 Å². The third-order valence-electron chi connectivity index (χ3n) is 3.03. The maximum absolute atomic E-state index is 12.2. The summed E-state index contributed by atoms with van der Waals surface area (Å²) in [6, 6.07) is 10.8. The molecule has 0 aliphatic heterocycles. The van der Waals surface area contributed by atoms with E-state index < -0.39 is 0 Å². The first-order valence-corrected chi connectivity index (χ1v) is 6.15. The zero-order valence-electron chi connectivity index (χ0n) is 11.3. The van der Waals surface area contributed by atoms with E-state index in [2.05, 4.69) is 5.32 Å². The average molecular weight is 255 g/mol. The fourth-order valence-corrected chi connectivity index (χ4v) is 2.01. The molecule has 2 aromatic carbocycles. The van der Waals surface area contributed by atoms with Crippen LogP contribution in [0.1, 0.15) is 27.0 Å². The monoisotopic (exact) mass is 255 g/mol. The summed E-state index contributed by atoms with van der Waals surface area (Å²) in [6.07, 6.45) is 0. The highest BCUT2D eigenvalue weighted by molar-refractivity contribution is 6.06. The lowest BCUT2D eigenvalue weighted by Crippen LogP contribution is -2.13. The van der Waals surface area contributed by atoms with Crippen molar-refractivity contribution in [3.8, 4) is 5.75 Å². The molecule has 0 atom stereocenters. The number of benzene rings is 2. The summed E-state index contributed by atoms with van der Waals surface area (Å²) in [5.74, 6) is -0.130. The number of carbonyl (C=O) groups is 1. The quantitative estimate of drug-likeness (QED) is 0.806. The number of hydrogen-bond donors (Lipinski definition) is 2. The molecule has 0 bridgehead atoms. The molecule has 1 amide bonds. The van der Waals surface area contributed by atoms with E-state index in [1.807, 2.05) is 39.0 Å². The zero-order chi connectivity index (χ0) is 14.0. The first-order chi connectivity index (χ1) is 8.97. The van der Waals surface area contributed by atoms with E-state index in [9.17, 15) is 9.90 Å². The van der Waals surface area contributed by atoms with Gasteiger partial charge in [-0.15, -0.1) is 0 Å². The van der Waals surface area contributed by atoms with Crippen LogP contribution < -0.4 is 5.32 Å². The first-order valence-electron chi connectivity index (χ1n) is 6.15. The Morgan fingerprint density at radius 3 is 2.26 bits per heavy atom. The molecule has 2 aromatic rings. The molecule has 0 spiro atoms. The smallest absolute Gasteiger partial charge is 0.256 e. The van der Waals surface area contributed by atoms with Gasteiger partial charge in [-0.3, -0.25) is 4.79 Å². The summed E-state index contributed by atoms with van der Waals surface area (Å²) < 4.78 is 0. The van der Waals surface area contributed by atoms with Gasteiger partial charge in [-0.1, -0.05) is 23.8 Å². The number of hydrogen-bond acceptors (Lipinski definition) is 2. The molecule has 3 heteroatoms. The van der Waals surface area contributed by atoms with Crippen molar-refractivity contribution in [2.24, 2.45) is 0 Å². The number of carbonyl (C=O) groups excluding carboxylic acids is 1. The van der Waals surface area contributed by atoms with Crippen LogP contribution in [0.25, 0.3) is 0 Å². The van der Waals surface area contributed by atoms with Crippen LogP contribution in [0.2, 0.25) is 0 Å². The predicted molar refractivity (Wildman–Crippen MR) is 76.7 cm³/mol. The number of nitrogens with one attached hydrogen (secondary N) is 1. The fraction of sp³-hybridized carbons (Fsp3) is 0.188. The van der Waals surface area contributed by atoms with Crippen LogP contribution in [0.4, 0.5) is 5.69 Å². The van der Waals surface area contributed by atoms with E-state index in [1.165, 1.54) is 0 Å². The Morgan fingerprint density at radius 2 is 1.63 bits per heavy atom. The van der Waals surface area contributed by atoms with Crippen molar-refractivity contribution in [3.05, 3.63) is 58.7 Å². The van der Waals surface area contributed by atoms with Gasteiger partial charge in [0.1, 0.15) is 5.75 Å². The van der Waals surface area contributed by atoms with E-state index in [4.69, 9.17) is 0 Å². The van der Waals surface area contributed by atoms with Gasteiger partial charge in [-0.2, -0.15) is 0 Å². The summed E-state index contributed by atoms with van der Waals surface area (Å²) in [5.41, 5.74) is 4.03. The third kappa shape index (κ3) is 2.94. The Kier molecular flexibility index (Phi) is 3.56. The minimum Gasteiger partial charge on any atom is -0.506 e. The molecule has 98 valence electrons. The molecule has 2 N–H and O–H groups in total. The fourth-order valence-electron chi connectivity index (χ4n) is 2.01. The van der Waals surface area contributed by atoms with Crippen LogP contribution in [0.3, 0.4) is 0 Å². The highest BCUT2D eigenvalue weighted by Crippen LogP contribution is 2.24. The van der Waals surface area contributed by atoms with Crippen molar-refractivity contribution in [2.75, 3.05) is 5.32 Å². The van der Waals surface area contributed by atoms with E-state index >= 15 is 0 Å². The highest BCUT2D eigenvalue weighted by Gasteiger charge is 2.11. The molecule has 0 saturated carbocycles. The van der Waals surface area contributed by atoms with Gasteiger partial charge >= 0.3 is 0 Å². The molecule has 0 radical (unpaired) electrons. The SMILES string of the molecule is Cc1ccc(C(=O)Nc2ccc(C)cc2O)c(C)c1. The molecule has 2 rings (SSSR count). The van der Waals surface area contributed by atoms with Gasteiger partial charge < -0.3 is 10.4 Å². The standard InChI is InChI=1S/C16H17NO2/c1-10-4-6-13(12(3)8-10)16(19)17-14-7-5-11(2)9-15(14)18/h4-9,18H,1-3H3,(H,17,19). The van der Waals surface area contributed by atoms with Crippen molar-refractivity contribution in [1.82, 2.24) is 0 Å². The van der Waals surface area contributed by atoms with Gasteiger partial charge in [0.15, 0.2) is 0 Å². The average Bonchev–Trinajstić information content (AvgIpc) is 2.32. The lowest BCUT2D eigenvalue weighted by molar-refractivity contribution is 0.102. The van der Waals surface area contributed by atoms with Crippen molar-refractivity contribution in [2.45, 2.75) is 20.8 Å². The van der Waals surface area contributed by atoms with Crippen LogP contribution in [-0.4, -0.2) is 11.0 Å². The van der Waals surface area contributed by atoms with Crippen molar-refractivity contribution in [1.29, 1.82) is 0 Å². The molecule has 0 fully saturated rings. The molecule has 0 aromatic heterocycles. The minimum absolute atomic E-state index is 0.0816. The molecule has 0 heterocycles. The Morgan fingerprint density at radius 1 is 1.00 bits per heavy atom. The second kappa shape index (κ2) is 5.14. The van der Waals surface area contributed by atoms with Gasteiger partial charge in [0, 0.05) is 5.56 Å². The predicted octanol–water partition coefficient (Wildman–Crippen LogP) is 3.57. The van der Waals surface area contributed by atoms with Crippen LogP contribution in [-0.2, 0) is 0 Å². The number of phenols is 1. The molecular weight excluding hydrogens is 238 g/mol. The number of rotatable bonds is 2. The number of anilines is 1. The number of aryl methyl sites for hydroxylation is 3. The van der Waals surface area contributed by atoms with Crippen LogP contribution in [0, 0.1) is 20.8 Å². The third-order valence-corrected chi connectivity index (χ3v) is 3.03. The second-order valence-corrected chi connectivity index (χ2v) is 4.79. The molecule has 0 unspecified atom stereocenters. The normalized spacial score (nSPS) is 10.3. The van der Waals surface area contributed by atoms with Gasteiger partial charge in [0.2, 0.25) is 0 Å². The maximum Gasteiger partial charge on any atom is 0.256 e. The molecule has 3 nitrogen and oxygen atoms in total. The van der Waals surface area contributed by atoms with Gasteiger partial charge in [-0.05, 0) is 50.1 Å². The second-order valence-electron chi connectivity index (χ2n) is 4.79. The summed E-state index contributed by atoms with van der Waals surface area (Å²) >= 11 is 0.